The Morgan fingerprint density at radius 3 is 2.23 bits per heavy atom. The highest BCUT2D eigenvalue weighted by Gasteiger charge is 2.40. The fourth-order valence-corrected chi connectivity index (χ4v) is 2.47. The summed E-state index contributed by atoms with van der Waals surface area (Å²) >= 11 is 0. The van der Waals surface area contributed by atoms with Gasteiger partial charge in [-0.3, -0.25) is 4.79 Å². The molecule has 1 aliphatic carbocycles. The second-order valence-electron chi connectivity index (χ2n) is 6.67. The molecule has 0 aliphatic heterocycles. The predicted molar refractivity (Wildman–Crippen MR) is 80.4 cm³/mol. The molecule has 0 aromatic carbocycles. The van der Waals surface area contributed by atoms with E-state index in [0.717, 1.165) is 19.3 Å². The van der Waals surface area contributed by atoms with Gasteiger partial charge in [0.25, 0.3) is 0 Å². The topological polar surface area (TPSA) is 105 Å². The van der Waals surface area contributed by atoms with E-state index in [0.29, 0.717) is 12.8 Å². The van der Waals surface area contributed by atoms with E-state index in [2.05, 4.69) is 10.6 Å². The number of ether oxygens (including phenoxy) is 1. The van der Waals surface area contributed by atoms with Crippen LogP contribution in [0.15, 0.2) is 0 Å². The van der Waals surface area contributed by atoms with Crippen molar-refractivity contribution in [3.63, 3.8) is 0 Å². The molecule has 7 nitrogen and oxygen atoms in total. The van der Waals surface area contributed by atoms with Gasteiger partial charge in [0.15, 0.2) is 0 Å². The van der Waals surface area contributed by atoms with Crippen LogP contribution in [-0.2, 0) is 14.3 Å². The van der Waals surface area contributed by atoms with Crippen molar-refractivity contribution in [3.8, 4) is 0 Å². The average molecular weight is 314 g/mol. The lowest BCUT2D eigenvalue weighted by Crippen LogP contribution is -2.55. The number of alkyl carbamates (subject to hydrolysis) is 1. The molecule has 3 N–H and O–H groups in total. The molecular weight excluding hydrogens is 288 g/mol. The Balaban J connectivity index is 2.39. The second kappa shape index (κ2) is 7.47. The minimum absolute atomic E-state index is 0.0221. The number of carbonyl (C=O) groups excluding carboxylic acids is 2. The summed E-state index contributed by atoms with van der Waals surface area (Å²) in [5.41, 5.74) is -1.75. The lowest BCUT2D eigenvalue weighted by molar-refractivity contribution is -0.149. The van der Waals surface area contributed by atoms with Gasteiger partial charge < -0.3 is 20.5 Å². The molecule has 0 aromatic rings. The number of carboxylic acid groups (broad SMARTS) is 1. The van der Waals surface area contributed by atoms with Gasteiger partial charge in [0, 0.05) is 13.0 Å². The summed E-state index contributed by atoms with van der Waals surface area (Å²) in [4.78, 5) is 34.8. The third kappa shape index (κ3) is 5.91. The Morgan fingerprint density at radius 1 is 1.14 bits per heavy atom. The minimum atomic E-state index is -1.15. The maximum absolute atomic E-state index is 11.9. The van der Waals surface area contributed by atoms with E-state index in [9.17, 15) is 19.5 Å². The first-order valence-electron chi connectivity index (χ1n) is 7.66. The van der Waals surface area contributed by atoms with E-state index < -0.39 is 23.2 Å². The molecule has 126 valence electrons. The number of carbonyl (C=O) groups is 3. The van der Waals surface area contributed by atoms with Crippen LogP contribution in [0.2, 0.25) is 0 Å². The summed E-state index contributed by atoms with van der Waals surface area (Å²) in [6, 6.07) is 0. The third-order valence-electron chi connectivity index (χ3n) is 3.52. The largest absolute Gasteiger partial charge is 0.480 e. The first-order chi connectivity index (χ1) is 10.1. The van der Waals surface area contributed by atoms with Crippen LogP contribution in [0.5, 0.6) is 0 Å². The Labute approximate surface area is 130 Å². The van der Waals surface area contributed by atoms with Crippen LogP contribution >= 0.6 is 0 Å². The molecule has 0 unspecified atom stereocenters. The fraction of sp³-hybridized carbons (Fsp3) is 0.800. The molecular formula is C15H26N2O5. The highest BCUT2D eigenvalue weighted by molar-refractivity contribution is 5.87. The van der Waals surface area contributed by atoms with Gasteiger partial charge in [-0.1, -0.05) is 19.3 Å². The highest BCUT2D eigenvalue weighted by Crippen LogP contribution is 2.28. The maximum atomic E-state index is 11.9. The molecule has 1 fully saturated rings. The molecule has 1 aliphatic rings. The Hall–Kier alpha value is -1.79. The number of nitrogens with one attached hydrogen (secondary N) is 2. The Bertz CT molecular complexity index is 422. The van der Waals surface area contributed by atoms with E-state index in [-0.39, 0.29) is 18.9 Å². The summed E-state index contributed by atoms with van der Waals surface area (Å²) in [5, 5.41) is 14.5. The summed E-state index contributed by atoms with van der Waals surface area (Å²) in [5.74, 6) is -1.36. The summed E-state index contributed by atoms with van der Waals surface area (Å²) < 4.78 is 5.05. The highest BCUT2D eigenvalue weighted by atomic mass is 16.6. The van der Waals surface area contributed by atoms with Gasteiger partial charge in [-0.15, -0.1) is 0 Å². The van der Waals surface area contributed by atoms with Crippen molar-refractivity contribution >= 4 is 18.0 Å². The molecule has 0 bridgehead atoms. The molecule has 7 heteroatoms. The molecule has 1 rings (SSSR count). The standard InChI is InChI=1S/C15H26N2O5/c1-14(2,3)22-13(21)16-10-7-11(18)17-15(12(19)20)8-5-4-6-9-15/h4-10H2,1-3H3,(H,16,21)(H,17,18)(H,19,20). The predicted octanol–water partition coefficient (Wildman–Crippen LogP) is 1.80. The van der Waals surface area contributed by atoms with Crippen molar-refractivity contribution in [1.29, 1.82) is 0 Å². The number of amides is 2. The number of carboxylic acids is 1. The van der Waals surface area contributed by atoms with Gasteiger partial charge in [0.05, 0.1) is 0 Å². The molecule has 0 atom stereocenters. The van der Waals surface area contributed by atoms with Crippen molar-refractivity contribution in [1.82, 2.24) is 10.6 Å². The molecule has 22 heavy (non-hydrogen) atoms. The van der Waals surface area contributed by atoms with E-state index >= 15 is 0 Å². The molecule has 0 aromatic heterocycles. The van der Waals surface area contributed by atoms with Crippen LogP contribution in [0.25, 0.3) is 0 Å². The number of rotatable bonds is 5. The fourth-order valence-electron chi connectivity index (χ4n) is 2.47. The molecule has 0 heterocycles. The molecule has 0 spiro atoms. The number of hydrogen-bond donors (Lipinski definition) is 3. The molecule has 1 saturated carbocycles. The van der Waals surface area contributed by atoms with Crippen molar-refractivity contribution in [2.75, 3.05) is 6.54 Å². The van der Waals surface area contributed by atoms with Gasteiger partial charge in [-0.05, 0) is 33.6 Å². The van der Waals surface area contributed by atoms with Crippen LogP contribution in [0.3, 0.4) is 0 Å². The van der Waals surface area contributed by atoms with Gasteiger partial charge in [-0.2, -0.15) is 0 Å². The van der Waals surface area contributed by atoms with Crippen LogP contribution in [0.4, 0.5) is 4.79 Å². The Kier molecular flexibility index (Phi) is 6.20. The lowest BCUT2D eigenvalue weighted by Gasteiger charge is -2.34. The van der Waals surface area contributed by atoms with Crippen molar-refractivity contribution in [2.24, 2.45) is 0 Å². The summed E-state index contributed by atoms with van der Waals surface area (Å²) in [6.07, 6.45) is 2.91. The number of hydrogen-bond acceptors (Lipinski definition) is 4. The molecule has 0 saturated heterocycles. The van der Waals surface area contributed by atoms with E-state index in [1.807, 2.05) is 0 Å². The van der Waals surface area contributed by atoms with E-state index in [4.69, 9.17) is 4.74 Å². The first kappa shape index (κ1) is 18.3. The van der Waals surface area contributed by atoms with E-state index in [1.54, 1.807) is 20.8 Å². The van der Waals surface area contributed by atoms with Crippen LogP contribution < -0.4 is 10.6 Å². The zero-order valence-electron chi connectivity index (χ0n) is 13.5. The SMILES string of the molecule is CC(C)(C)OC(=O)NCCC(=O)NC1(C(=O)O)CCCCC1. The van der Waals surface area contributed by atoms with Crippen molar-refractivity contribution in [2.45, 2.75) is 70.4 Å². The zero-order valence-corrected chi connectivity index (χ0v) is 13.5. The first-order valence-corrected chi connectivity index (χ1v) is 7.66. The van der Waals surface area contributed by atoms with Crippen LogP contribution in [0.1, 0.15) is 59.3 Å². The van der Waals surface area contributed by atoms with Gasteiger partial charge >= 0.3 is 12.1 Å². The second-order valence-corrected chi connectivity index (χ2v) is 6.67. The Morgan fingerprint density at radius 2 is 1.73 bits per heavy atom. The normalized spacial score (nSPS) is 17.4. The van der Waals surface area contributed by atoms with E-state index in [1.165, 1.54) is 0 Å². The third-order valence-corrected chi connectivity index (χ3v) is 3.52. The monoisotopic (exact) mass is 314 g/mol. The zero-order chi connectivity index (χ0) is 16.8. The van der Waals surface area contributed by atoms with Gasteiger partial charge in [0.2, 0.25) is 5.91 Å². The minimum Gasteiger partial charge on any atom is -0.480 e. The quantitative estimate of drug-likeness (QED) is 0.718. The van der Waals surface area contributed by atoms with Crippen molar-refractivity contribution in [3.05, 3.63) is 0 Å². The van der Waals surface area contributed by atoms with Crippen LogP contribution in [0, 0.1) is 0 Å². The maximum Gasteiger partial charge on any atom is 0.407 e. The van der Waals surface area contributed by atoms with Crippen molar-refractivity contribution < 1.29 is 24.2 Å². The molecule has 2 amide bonds. The summed E-state index contributed by atoms with van der Waals surface area (Å²) in [6.45, 7) is 5.35. The van der Waals surface area contributed by atoms with Gasteiger partial charge in [0.1, 0.15) is 11.1 Å². The number of aliphatic carboxylic acids is 1. The molecule has 0 radical (unpaired) electrons. The lowest BCUT2D eigenvalue weighted by atomic mass is 9.81. The van der Waals surface area contributed by atoms with Gasteiger partial charge in [-0.25, -0.2) is 9.59 Å². The summed E-state index contributed by atoms with van der Waals surface area (Å²) in [7, 11) is 0. The van der Waals surface area contributed by atoms with Crippen LogP contribution in [-0.4, -0.2) is 40.8 Å². The average Bonchev–Trinajstić information content (AvgIpc) is 2.37. The smallest absolute Gasteiger partial charge is 0.407 e.